The zero-order valence-corrected chi connectivity index (χ0v) is 25.2. The predicted octanol–water partition coefficient (Wildman–Crippen LogP) is 5.72. The second-order valence-corrected chi connectivity index (χ2v) is 13.3. The van der Waals surface area contributed by atoms with Crippen LogP contribution in [0.1, 0.15) is 61.7 Å². The number of amides is 2. The van der Waals surface area contributed by atoms with E-state index in [0.29, 0.717) is 11.1 Å². The number of rotatable bonds is 7. The van der Waals surface area contributed by atoms with Crippen molar-refractivity contribution in [3.63, 3.8) is 0 Å². The van der Waals surface area contributed by atoms with Gasteiger partial charge in [-0.05, 0) is 36.1 Å². The van der Waals surface area contributed by atoms with Gasteiger partial charge in [0.25, 0.3) is 5.91 Å². The van der Waals surface area contributed by atoms with Gasteiger partial charge in [-0.2, -0.15) is 5.01 Å². The first-order chi connectivity index (χ1) is 19.8. The fraction of sp³-hybridized carbons (Fsp3) is 0.355. The molecule has 2 unspecified atom stereocenters. The number of nitrogens with zero attached hydrogens (tertiary/aromatic N) is 2. The van der Waals surface area contributed by atoms with Gasteiger partial charge in [0.15, 0.2) is 11.6 Å². The molecular weight excluding hydrogens is 560 g/mol. The highest BCUT2D eigenvalue weighted by Crippen LogP contribution is 2.48. The highest BCUT2D eigenvalue weighted by atomic mass is 28.2. The number of carboxylic acid groups (broad SMARTS) is 1. The summed E-state index contributed by atoms with van der Waals surface area (Å²) in [6, 6.07) is 19.4. The number of anilines is 1. The summed E-state index contributed by atoms with van der Waals surface area (Å²) in [5.41, 5.74) is -1.12. The van der Waals surface area contributed by atoms with Crippen LogP contribution in [-0.4, -0.2) is 57.2 Å². The van der Waals surface area contributed by atoms with E-state index in [0.717, 1.165) is 0 Å². The molecule has 8 nitrogen and oxygen atoms in total. The Morgan fingerprint density at radius 1 is 0.976 bits per heavy atom. The third kappa shape index (κ3) is 6.24. The Kier molecular flexibility index (Phi) is 9.17. The first-order valence-electron chi connectivity index (χ1n) is 13.6. The minimum Gasteiger partial charge on any atom is -0.464 e. The molecule has 3 aromatic carbocycles. The van der Waals surface area contributed by atoms with E-state index in [9.17, 15) is 14.7 Å². The molecule has 1 heterocycles. The maximum Gasteiger partial charge on any atom is 0.429 e. The van der Waals surface area contributed by atoms with E-state index < -0.39 is 34.8 Å². The van der Waals surface area contributed by atoms with Crippen molar-refractivity contribution < 1.29 is 32.6 Å². The molecule has 2 radical (unpaired) electrons. The Morgan fingerprint density at radius 2 is 1.48 bits per heavy atom. The van der Waals surface area contributed by atoms with E-state index in [4.69, 9.17) is 15.0 Å². The lowest BCUT2D eigenvalue weighted by atomic mass is 9.78. The van der Waals surface area contributed by atoms with Crippen LogP contribution in [-0.2, 0) is 14.8 Å². The number of nitrogens with two attached hydrogens (primary N) is 1. The number of halogens is 2. The highest BCUT2D eigenvalue weighted by molar-refractivity contribution is 6.32. The monoisotopic (exact) mass is 595 g/mol. The van der Waals surface area contributed by atoms with Crippen LogP contribution in [0, 0.1) is 11.6 Å². The lowest BCUT2D eigenvalue weighted by molar-refractivity contribution is -0.00568. The van der Waals surface area contributed by atoms with Crippen LogP contribution < -0.4 is 10.7 Å². The van der Waals surface area contributed by atoms with E-state index in [1.807, 2.05) is 95.3 Å². The summed E-state index contributed by atoms with van der Waals surface area (Å²) in [6.45, 7) is 10.1. The van der Waals surface area contributed by atoms with Gasteiger partial charge in [-0.1, -0.05) is 81.4 Å². The van der Waals surface area contributed by atoms with Gasteiger partial charge in [-0.15, -0.1) is 0 Å². The van der Waals surface area contributed by atoms with Crippen LogP contribution in [0.5, 0.6) is 0 Å². The van der Waals surface area contributed by atoms with Gasteiger partial charge in [0.1, 0.15) is 5.60 Å². The normalized spacial score (nSPS) is 17.7. The molecule has 42 heavy (non-hydrogen) atoms. The topological polar surface area (TPSA) is 105 Å². The summed E-state index contributed by atoms with van der Waals surface area (Å²) >= 11 is 0. The third-order valence-corrected chi connectivity index (χ3v) is 7.84. The number of hydrogen-bond donors (Lipinski definition) is 2. The molecule has 0 aliphatic carbocycles. The second-order valence-electron chi connectivity index (χ2n) is 11.4. The molecular formula is C31H35F2N3O5Si. The van der Waals surface area contributed by atoms with E-state index in [-0.39, 0.29) is 56.4 Å². The fourth-order valence-electron chi connectivity index (χ4n) is 5.15. The van der Waals surface area contributed by atoms with Crippen molar-refractivity contribution in [1.82, 2.24) is 5.01 Å². The van der Waals surface area contributed by atoms with Crippen molar-refractivity contribution in [2.75, 3.05) is 18.0 Å². The van der Waals surface area contributed by atoms with Gasteiger partial charge in [0, 0.05) is 18.7 Å². The first-order valence-corrected chi connectivity index (χ1v) is 14.5. The Balaban J connectivity index is 2.16. The molecule has 222 valence electrons. The molecule has 1 fully saturated rings. The van der Waals surface area contributed by atoms with Gasteiger partial charge in [-0.3, -0.25) is 4.79 Å². The van der Waals surface area contributed by atoms with Crippen LogP contribution in [0.15, 0.2) is 66.7 Å². The maximum atomic E-state index is 16.6. The zero-order chi connectivity index (χ0) is 30.8. The Hall–Kier alpha value is -3.64. The molecule has 0 saturated carbocycles. The first kappa shape index (κ1) is 31.3. The molecule has 0 spiro atoms. The maximum absolute atomic E-state index is 16.6. The van der Waals surface area contributed by atoms with Crippen LogP contribution >= 0.6 is 0 Å². The quantitative estimate of drug-likeness (QED) is 0.118. The molecule has 0 bridgehead atoms. The Morgan fingerprint density at radius 3 is 1.93 bits per heavy atom. The number of ether oxygens (including phenoxy) is 1. The van der Waals surface area contributed by atoms with Crippen molar-refractivity contribution >= 4 is 27.5 Å². The minimum atomic E-state index is -1.82. The molecule has 2 amide bonds. The van der Waals surface area contributed by atoms with Crippen LogP contribution in [0.25, 0.3) is 0 Å². The van der Waals surface area contributed by atoms with Crippen LogP contribution in [0.3, 0.4) is 0 Å². The molecule has 3 N–H and O–H groups in total. The van der Waals surface area contributed by atoms with Gasteiger partial charge in [0.2, 0.25) is 9.76 Å². The van der Waals surface area contributed by atoms with Crippen LogP contribution in [0.4, 0.5) is 19.3 Å². The minimum absolute atomic E-state index is 0.101. The van der Waals surface area contributed by atoms with Gasteiger partial charge in [-0.25, -0.2) is 19.4 Å². The van der Waals surface area contributed by atoms with Crippen molar-refractivity contribution in [2.45, 2.75) is 57.5 Å². The molecule has 3 aromatic rings. The molecule has 1 aliphatic rings. The molecule has 1 aliphatic heterocycles. The summed E-state index contributed by atoms with van der Waals surface area (Å²) < 4.78 is 45.2. The van der Waals surface area contributed by atoms with Crippen molar-refractivity contribution in [3.05, 3.63) is 101 Å². The molecule has 2 atom stereocenters. The zero-order valence-electron chi connectivity index (χ0n) is 24.2. The number of hydrogen-bond acceptors (Lipinski definition) is 6. The number of benzene rings is 3. The number of carbonyl (C=O) groups excluding carboxylic acids is 1. The lowest BCUT2D eigenvalue weighted by Crippen LogP contribution is -2.48. The SMILES string of the molecule is CC1CN(c2c(C(O[Si]C(C)(C)C)(c3ccccc3)c3ccccc3)cc(C(=O)N(N)C(=O)O)c(F)c2F)CC(C)O1. The van der Waals surface area contributed by atoms with Gasteiger partial charge < -0.3 is 19.2 Å². The number of hydrazine groups is 1. The second kappa shape index (κ2) is 12.3. The number of morpholine rings is 1. The Labute approximate surface area is 246 Å². The molecule has 0 aromatic heterocycles. The Bertz CT molecular complexity index is 1390. The summed E-state index contributed by atoms with van der Waals surface area (Å²) in [6.07, 6.45) is -2.43. The summed E-state index contributed by atoms with van der Waals surface area (Å²) in [5.74, 6) is 1.24. The number of carbonyl (C=O) groups is 2. The van der Waals surface area contributed by atoms with Crippen molar-refractivity contribution in [3.8, 4) is 0 Å². The average molecular weight is 596 g/mol. The summed E-state index contributed by atoms with van der Waals surface area (Å²) in [5, 5.41) is 8.88. The average Bonchev–Trinajstić information content (AvgIpc) is 2.94. The fourth-order valence-corrected chi connectivity index (χ4v) is 5.96. The highest BCUT2D eigenvalue weighted by Gasteiger charge is 2.45. The van der Waals surface area contributed by atoms with Crippen molar-refractivity contribution in [1.29, 1.82) is 0 Å². The predicted molar refractivity (Wildman–Crippen MR) is 156 cm³/mol. The smallest absolute Gasteiger partial charge is 0.429 e. The molecule has 4 rings (SSSR count). The van der Waals surface area contributed by atoms with Crippen molar-refractivity contribution in [2.24, 2.45) is 5.84 Å². The van der Waals surface area contributed by atoms with E-state index in [1.54, 1.807) is 4.90 Å². The largest absolute Gasteiger partial charge is 0.464 e. The van der Waals surface area contributed by atoms with E-state index >= 15 is 8.78 Å². The lowest BCUT2D eigenvalue weighted by Gasteiger charge is -2.43. The van der Waals surface area contributed by atoms with Gasteiger partial charge >= 0.3 is 6.09 Å². The number of imide groups is 1. The summed E-state index contributed by atoms with van der Waals surface area (Å²) in [4.78, 5) is 26.4. The third-order valence-electron chi connectivity index (χ3n) is 6.82. The van der Waals surface area contributed by atoms with Crippen LogP contribution in [0.2, 0.25) is 5.04 Å². The molecule has 11 heteroatoms. The van der Waals surface area contributed by atoms with Gasteiger partial charge in [0.05, 0.1) is 23.5 Å². The van der Waals surface area contributed by atoms with E-state index in [2.05, 4.69) is 0 Å². The standard InChI is InChI=1S/C31H35F2N3O5Si/c1-19-17-35(18-20(2)40-19)27-24(16-23(25(32)26(27)33)28(37)36(34)29(38)39)31(41-42-30(3,4)5,21-12-8-6-9-13-21)22-14-10-7-11-15-22/h6-16,19-20H,17-18,34H2,1-5H3,(H,38,39). The molecule has 1 saturated heterocycles. The summed E-state index contributed by atoms with van der Waals surface area (Å²) in [7, 11) is -0.132. The van der Waals surface area contributed by atoms with E-state index in [1.165, 1.54) is 6.07 Å².